The van der Waals surface area contributed by atoms with E-state index in [1.54, 1.807) is 0 Å². The van der Waals surface area contributed by atoms with Crippen molar-refractivity contribution in [1.82, 2.24) is 9.27 Å². The van der Waals surface area contributed by atoms with Crippen LogP contribution in [0.2, 0.25) is 0 Å². The Kier molecular flexibility index (Phi) is 6.05. The molecule has 2 bridgehead atoms. The molecule has 0 amide bonds. The number of rotatable bonds is 4. The summed E-state index contributed by atoms with van der Waals surface area (Å²) in [6.07, 6.45) is 2.28. The summed E-state index contributed by atoms with van der Waals surface area (Å²) in [7, 11) is 0. The first-order valence-corrected chi connectivity index (χ1v) is 9.47. The number of aromatic nitrogens is 1. The van der Waals surface area contributed by atoms with E-state index in [0.29, 0.717) is 18.2 Å². The van der Waals surface area contributed by atoms with E-state index in [1.165, 1.54) is 11.5 Å². The monoisotopic (exact) mass is 378 g/mol. The topological polar surface area (TPSA) is 89.0 Å². The van der Waals surface area contributed by atoms with Gasteiger partial charge < -0.3 is 14.6 Å². The van der Waals surface area contributed by atoms with Gasteiger partial charge in [-0.05, 0) is 68.5 Å². The third-order valence-electron chi connectivity index (χ3n) is 4.80. The van der Waals surface area contributed by atoms with Crippen LogP contribution in [0.4, 0.5) is 0 Å². The number of esters is 1. The van der Waals surface area contributed by atoms with Crippen molar-refractivity contribution in [3.8, 4) is 5.75 Å². The molecule has 8 heteroatoms. The fourth-order valence-electron chi connectivity index (χ4n) is 3.56. The lowest BCUT2D eigenvalue weighted by atomic mass is 9.86. The zero-order valence-electron chi connectivity index (χ0n) is 14.6. The Balaban J connectivity index is 0.000000613. The van der Waals surface area contributed by atoms with Crippen molar-refractivity contribution >= 4 is 34.1 Å². The maximum absolute atomic E-state index is 12.5. The van der Waals surface area contributed by atoms with E-state index in [4.69, 9.17) is 19.4 Å². The summed E-state index contributed by atoms with van der Waals surface area (Å²) in [5, 5.41) is 7.74. The highest BCUT2D eigenvalue weighted by Crippen LogP contribution is 2.32. The van der Waals surface area contributed by atoms with Crippen LogP contribution in [0.5, 0.6) is 5.75 Å². The first kappa shape index (κ1) is 18.6. The number of hydrogen-bond acceptors (Lipinski definition) is 7. The Morgan fingerprint density at radius 1 is 1.42 bits per heavy atom. The lowest BCUT2D eigenvalue weighted by Crippen LogP contribution is -2.51. The Morgan fingerprint density at radius 3 is 2.77 bits per heavy atom. The van der Waals surface area contributed by atoms with E-state index in [9.17, 15) is 4.79 Å². The zero-order chi connectivity index (χ0) is 18.5. The fraction of sp³-hybridized carbons (Fsp3) is 0.500. The summed E-state index contributed by atoms with van der Waals surface area (Å²) >= 11 is 1.32. The number of carboxylic acid groups (broad SMARTS) is 1. The Bertz CT molecular complexity index is 770. The number of nitrogens with zero attached hydrogens (tertiary/aromatic N) is 2. The number of piperidine rings is 3. The van der Waals surface area contributed by atoms with Gasteiger partial charge in [0.1, 0.15) is 11.9 Å². The normalized spacial score (nSPS) is 23.8. The van der Waals surface area contributed by atoms with Crippen LogP contribution in [0.25, 0.3) is 10.1 Å². The number of carbonyl (C=O) groups excluding carboxylic acids is 1. The molecule has 7 nitrogen and oxygen atoms in total. The van der Waals surface area contributed by atoms with E-state index < -0.39 is 0 Å². The number of hydrogen-bond donors (Lipinski definition) is 1. The van der Waals surface area contributed by atoms with E-state index in [2.05, 4.69) is 9.27 Å². The number of fused-ring (bicyclic) bond motifs is 4. The van der Waals surface area contributed by atoms with Crippen LogP contribution >= 0.6 is 11.5 Å². The van der Waals surface area contributed by atoms with Crippen molar-refractivity contribution in [2.24, 2.45) is 5.92 Å². The standard InChI is InChI=1S/C17H20N2O3S.CH2O2/c1-2-21-12-3-4-13-15(9-12)23-18-16(13)17(20)22-14-10-19-7-5-11(14)6-8-19;2-1-3/h3-4,9,11,14H,2,5-8,10H2,1H3;1H,(H,2,3)/t14-;/m1./s1. The number of benzene rings is 1. The summed E-state index contributed by atoms with van der Waals surface area (Å²) < 4.78 is 16.6. The maximum Gasteiger partial charge on any atom is 0.359 e. The highest BCUT2D eigenvalue weighted by Gasteiger charge is 2.37. The van der Waals surface area contributed by atoms with Gasteiger partial charge in [-0.15, -0.1) is 0 Å². The predicted molar refractivity (Wildman–Crippen MR) is 97.8 cm³/mol. The van der Waals surface area contributed by atoms with Gasteiger partial charge in [-0.25, -0.2) is 4.79 Å². The Labute approximate surface area is 155 Å². The van der Waals surface area contributed by atoms with Crippen LogP contribution < -0.4 is 4.74 Å². The van der Waals surface area contributed by atoms with E-state index in [1.807, 2.05) is 25.1 Å². The van der Waals surface area contributed by atoms with Crippen molar-refractivity contribution in [3.05, 3.63) is 23.9 Å². The highest BCUT2D eigenvalue weighted by molar-refractivity contribution is 7.13. The van der Waals surface area contributed by atoms with Gasteiger partial charge >= 0.3 is 5.97 Å². The third kappa shape index (κ3) is 3.96. The second kappa shape index (κ2) is 8.46. The van der Waals surface area contributed by atoms with Crippen molar-refractivity contribution in [3.63, 3.8) is 0 Å². The average Bonchev–Trinajstić information content (AvgIpc) is 3.07. The zero-order valence-corrected chi connectivity index (χ0v) is 15.4. The first-order valence-electron chi connectivity index (χ1n) is 8.69. The van der Waals surface area contributed by atoms with Crippen LogP contribution in [-0.2, 0) is 9.53 Å². The third-order valence-corrected chi connectivity index (χ3v) is 5.61. The number of carbonyl (C=O) groups is 2. The molecule has 4 heterocycles. The van der Waals surface area contributed by atoms with Gasteiger partial charge in [0.15, 0.2) is 5.69 Å². The molecule has 140 valence electrons. The van der Waals surface area contributed by atoms with Gasteiger partial charge in [-0.2, -0.15) is 4.37 Å². The van der Waals surface area contributed by atoms with Crippen molar-refractivity contribution in [1.29, 1.82) is 0 Å². The van der Waals surface area contributed by atoms with Crippen LogP contribution in [0, 0.1) is 5.92 Å². The molecular weight excluding hydrogens is 356 g/mol. The molecule has 0 aliphatic carbocycles. The van der Waals surface area contributed by atoms with Crippen LogP contribution in [0.1, 0.15) is 30.3 Å². The first-order chi connectivity index (χ1) is 12.7. The van der Waals surface area contributed by atoms with Crippen LogP contribution in [-0.4, -0.2) is 59.2 Å². The van der Waals surface area contributed by atoms with Gasteiger partial charge in [0, 0.05) is 11.9 Å². The van der Waals surface area contributed by atoms with Gasteiger partial charge in [0.05, 0.1) is 11.3 Å². The van der Waals surface area contributed by atoms with Crippen molar-refractivity contribution in [2.75, 3.05) is 26.2 Å². The predicted octanol–water partition coefficient (Wildman–Crippen LogP) is 2.65. The molecule has 3 saturated heterocycles. The van der Waals surface area contributed by atoms with E-state index in [0.717, 1.165) is 48.3 Å². The molecule has 0 unspecified atom stereocenters. The van der Waals surface area contributed by atoms with Crippen LogP contribution in [0.3, 0.4) is 0 Å². The quantitative estimate of drug-likeness (QED) is 0.646. The van der Waals surface area contributed by atoms with Gasteiger partial charge in [0.2, 0.25) is 0 Å². The lowest BCUT2D eigenvalue weighted by Gasteiger charge is -2.43. The molecule has 3 aliphatic heterocycles. The number of ether oxygens (including phenoxy) is 2. The molecule has 0 saturated carbocycles. The summed E-state index contributed by atoms with van der Waals surface area (Å²) in [5.41, 5.74) is 0.435. The molecule has 3 aliphatic rings. The largest absolute Gasteiger partial charge is 0.494 e. The second-order valence-corrected chi connectivity index (χ2v) is 7.11. The minimum atomic E-state index is -0.292. The summed E-state index contributed by atoms with van der Waals surface area (Å²) in [6, 6.07) is 5.71. The summed E-state index contributed by atoms with van der Waals surface area (Å²) in [6.45, 7) is 5.47. The molecule has 1 aromatic heterocycles. The van der Waals surface area contributed by atoms with Crippen molar-refractivity contribution < 1.29 is 24.2 Å². The highest BCUT2D eigenvalue weighted by atomic mass is 32.1. The van der Waals surface area contributed by atoms with E-state index in [-0.39, 0.29) is 18.5 Å². The molecule has 1 N–H and O–H groups in total. The SMILES string of the molecule is CCOc1ccc2c(C(=O)O[C@@H]3CN4CCC3CC4)nsc2c1.O=CO. The van der Waals surface area contributed by atoms with Gasteiger partial charge in [0.25, 0.3) is 6.47 Å². The average molecular weight is 378 g/mol. The molecule has 26 heavy (non-hydrogen) atoms. The molecule has 0 radical (unpaired) electrons. The molecule has 0 spiro atoms. The van der Waals surface area contributed by atoms with Gasteiger partial charge in [-0.1, -0.05) is 0 Å². The fourth-order valence-corrected chi connectivity index (χ4v) is 4.35. The minimum absolute atomic E-state index is 0.0180. The van der Waals surface area contributed by atoms with Crippen LogP contribution in [0.15, 0.2) is 18.2 Å². The van der Waals surface area contributed by atoms with E-state index >= 15 is 0 Å². The molecule has 1 atom stereocenters. The molecule has 2 aromatic rings. The smallest absolute Gasteiger partial charge is 0.359 e. The summed E-state index contributed by atoms with van der Waals surface area (Å²) in [5.74, 6) is 1.03. The second-order valence-electron chi connectivity index (χ2n) is 6.31. The Morgan fingerprint density at radius 2 is 2.15 bits per heavy atom. The van der Waals surface area contributed by atoms with Gasteiger partial charge in [-0.3, -0.25) is 9.69 Å². The molecule has 5 rings (SSSR count). The van der Waals surface area contributed by atoms with Crippen molar-refractivity contribution in [2.45, 2.75) is 25.9 Å². The Hall–Kier alpha value is -2.19. The molecule has 1 aromatic carbocycles. The molecule has 3 fully saturated rings. The lowest BCUT2D eigenvalue weighted by molar-refractivity contribution is -0.122. The molecular formula is C18H22N2O5S. The summed E-state index contributed by atoms with van der Waals surface area (Å²) in [4.78, 5) is 23.3. The minimum Gasteiger partial charge on any atom is -0.494 e. The maximum atomic E-state index is 12.5.